The Labute approximate surface area is 109 Å². The summed E-state index contributed by atoms with van der Waals surface area (Å²) in [5.41, 5.74) is -0.133. The number of aromatic carboxylic acids is 1. The van der Waals surface area contributed by atoms with Crippen LogP contribution in [0.15, 0.2) is 34.7 Å². The summed E-state index contributed by atoms with van der Waals surface area (Å²) in [4.78, 5) is 11.1. The topological polar surface area (TPSA) is 62.5 Å². The standard InChI is InChI=1S/C14H14FNO3/c1-8-6-7-12(19-8)9(2)16-11-5-3-4-10(15)13(11)14(17)18/h3-7,9,16H,1-2H3,(H,17,18). The first-order valence-electron chi connectivity index (χ1n) is 5.83. The molecule has 1 heterocycles. The highest BCUT2D eigenvalue weighted by Crippen LogP contribution is 2.25. The van der Waals surface area contributed by atoms with Crippen LogP contribution >= 0.6 is 0 Å². The Hall–Kier alpha value is -2.30. The van der Waals surface area contributed by atoms with Gasteiger partial charge in [0.1, 0.15) is 22.9 Å². The zero-order chi connectivity index (χ0) is 14.0. The molecule has 0 amide bonds. The molecule has 2 N–H and O–H groups in total. The van der Waals surface area contributed by atoms with Crippen molar-refractivity contribution in [3.8, 4) is 0 Å². The van der Waals surface area contributed by atoms with Gasteiger partial charge in [-0.25, -0.2) is 9.18 Å². The molecule has 0 radical (unpaired) electrons. The molecule has 1 aromatic heterocycles. The van der Waals surface area contributed by atoms with E-state index in [4.69, 9.17) is 9.52 Å². The summed E-state index contributed by atoms with van der Waals surface area (Å²) >= 11 is 0. The number of benzene rings is 1. The van der Waals surface area contributed by atoms with E-state index < -0.39 is 11.8 Å². The van der Waals surface area contributed by atoms with Crippen molar-refractivity contribution in [1.29, 1.82) is 0 Å². The maximum atomic E-state index is 13.5. The van der Waals surface area contributed by atoms with Crippen LogP contribution in [0.1, 0.15) is 34.8 Å². The normalized spacial score (nSPS) is 12.2. The van der Waals surface area contributed by atoms with Gasteiger partial charge >= 0.3 is 5.97 Å². The summed E-state index contributed by atoms with van der Waals surface area (Å²) in [5.74, 6) is -0.636. The molecule has 2 aromatic rings. The Morgan fingerprint density at radius 3 is 2.68 bits per heavy atom. The second-order valence-corrected chi connectivity index (χ2v) is 4.28. The first-order valence-corrected chi connectivity index (χ1v) is 5.83. The molecule has 0 saturated carbocycles. The SMILES string of the molecule is Cc1ccc(C(C)Nc2cccc(F)c2C(=O)O)o1. The molecule has 1 atom stereocenters. The molecular formula is C14H14FNO3. The quantitative estimate of drug-likeness (QED) is 0.884. The molecule has 100 valence electrons. The van der Waals surface area contributed by atoms with E-state index in [1.165, 1.54) is 12.1 Å². The minimum absolute atomic E-state index is 0.231. The van der Waals surface area contributed by atoms with E-state index >= 15 is 0 Å². The largest absolute Gasteiger partial charge is 0.478 e. The number of rotatable bonds is 4. The highest BCUT2D eigenvalue weighted by molar-refractivity contribution is 5.94. The first-order chi connectivity index (χ1) is 8.99. The third kappa shape index (κ3) is 2.76. The molecule has 1 unspecified atom stereocenters. The van der Waals surface area contributed by atoms with E-state index in [2.05, 4.69) is 5.32 Å². The molecule has 0 saturated heterocycles. The zero-order valence-corrected chi connectivity index (χ0v) is 10.6. The second-order valence-electron chi connectivity index (χ2n) is 4.28. The predicted octanol–water partition coefficient (Wildman–Crippen LogP) is 3.60. The van der Waals surface area contributed by atoms with Gasteiger partial charge in [0.2, 0.25) is 0 Å². The number of carboxylic acids is 1. The summed E-state index contributed by atoms with van der Waals surface area (Å²) in [7, 11) is 0. The van der Waals surface area contributed by atoms with Crippen LogP contribution in [0.5, 0.6) is 0 Å². The Morgan fingerprint density at radius 1 is 1.37 bits per heavy atom. The number of carbonyl (C=O) groups is 1. The second kappa shape index (κ2) is 5.14. The average molecular weight is 263 g/mol. The van der Waals surface area contributed by atoms with Gasteiger partial charge in [-0.1, -0.05) is 6.07 Å². The predicted molar refractivity (Wildman–Crippen MR) is 68.8 cm³/mol. The van der Waals surface area contributed by atoms with Crippen molar-refractivity contribution in [3.05, 3.63) is 53.2 Å². The maximum Gasteiger partial charge on any atom is 0.340 e. The van der Waals surface area contributed by atoms with Crippen molar-refractivity contribution in [1.82, 2.24) is 0 Å². The van der Waals surface area contributed by atoms with Crippen molar-refractivity contribution in [2.45, 2.75) is 19.9 Å². The van der Waals surface area contributed by atoms with Crippen LogP contribution in [0, 0.1) is 12.7 Å². The fraction of sp³-hybridized carbons (Fsp3) is 0.214. The number of aryl methyl sites for hydroxylation is 1. The van der Waals surface area contributed by atoms with Crippen molar-refractivity contribution in [2.75, 3.05) is 5.32 Å². The molecule has 0 aliphatic heterocycles. The van der Waals surface area contributed by atoms with Crippen molar-refractivity contribution in [3.63, 3.8) is 0 Å². The van der Waals surface area contributed by atoms with Gasteiger partial charge in [0.15, 0.2) is 0 Å². The Balaban J connectivity index is 2.28. The lowest BCUT2D eigenvalue weighted by Crippen LogP contribution is -2.11. The number of carboxylic acid groups (broad SMARTS) is 1. The summed E-state index contributed by atoms with van der Waals surface area (Å²) in [5, 5.41) is 12.0. The van der Waals surface area contributed by atoms with Gasteiger partial charge in [-0.15, -0.1) is 0 Å². The summed E-state index contributed by atoms with van der Waals surface area (Å²) in [6.45, 7) is 3.63. The first kappa shape index (κ1) is 13.1. The number of nitrogens with one attached hydrogen (secondary N) is 1. The van der Waals surface area contributed by atoms with E-state index in [9.17, 15) is 9.18 Å². The van der Waals surface area contributed by atoms with Gasteiger partial charge in [-0.3, -0.25) is 0 Å². The van der Waals surface area contributed by atoms with Crippen LogP contribution in [0.4, 0.5) is 10.1 Å². The van der Waals surface area contributed by atoms with Crippen LogP contribution in [0.25, 0.3) is 0 Å². The van der Waals surface area contributed by atoms with Crippen molar-refractivity contribution in [2.24, 2.45) is 0 Å². The smallest absolute Gasteiger partial charge is 0.340 e. The molecule has 5 heteroatoms. The molecule has 19 heavy (non-hydrogen) atoms. The minimum atomic E-state index is -1.30. The van der Waals surface area contributed by atoms with Gasteiger partial charge < -0.3 is 14.8 Å². The summed E-state index contributed by atoms with van der Waals surface area (Å²) in [6.07, 6.45) is 0. The lowest BCUT2D eigenvalue weighted by molar-refractivity contribution is 0.0693. The van der Waals surface area contributed by atoms with E-state index in [1.54, 1.807) is 6.07 Å². The fourth-order valence-electron chi connectivity index (χ4n) is 1.85. The minimum Gasteiger partial charge on any atom is -0.478 e. The summed E-state index contributed by atoms with van der Waals surface area (Å²) < 4.78 is 19.0. The van der Waals surface area contributed by atoms with E-state index in [0.29, 0.717) is 5.76 Å². The summed E-state index contributed by atoms with van der Waals surface area (Å²) in [6, 6.07) is 7.47. The molecule has 0 spiro atoms. The van der Waals surface area contributed by atoms with Gasteiger partial charge in [-0.05, 0) is 38.1 Å². The van der Waals surface area contributed by atoms with Crippen LogP contribution in [0.2, 0.25) is 0 Å². The number of hydrogen-bond acceptors (Lipinski definition) is 3. The molecule has 0 aliphatic rings. The van der Waals surface area contributed by atoms with Crippen molar-refractivity contribution < 1.29 is 18.7 Å². The molecule has 0 aliphatic carbocycles. The lowest BCUT2D eigenvalue weighted by atomic mass is 10.1. The molecule has 0 fully saturated rings. The van der Waals surface area contributed by atoms with E-state index in [1.807, 2.05) is 19.9 Å². The van der Waals surface area contributed by atoms with Gasteiger partial charge in [0.05, 0.1) is 11.7 Å². The lowest BCUT2D eigenvalue weighted by Gasteiger charge is -2.15. The monoisotopic (exact) mass is 263 g/mol. The Morgan fingerprint density at radius 2 is 2.11 bits per heavy atom. The third-order valence-electron chi connectivity index (χ3n) is 2.79. The van der Waals surface area contributed by atoms with Gasteiger partial charge in [0, 0.05) is 0 Å². The molecule has 0 bridgehead atoms. The van der Waals surface area contributed by atoms with Crippen LogP contribution in [-0.2, 0) is 0 Å². The Kier molecular flexibility index (Phi) is 3.55. The van der Waals surface area contributed by atoms with Crippen LogP contribution in [0.3, 0.4) is 0 Å². The van der Waals surface area contributed by atoms with Crippen molar-refractivity contribution >= 4 is 11.7 Å². The highest BCUT2D eigenvalue weighted by atomic mass is 19.1. The van der Waals surface area contributed by atoms with Gasteiger partial charge in [0.25, 0.3) is 0 Å². The number of halogens is 1. The fourth-order valence-corrected chi connectivity index (χ4v) is 1.85. The van der Waals surface area contributed by atoms with Crippen LogP contribution < -0.4 is 5.32 Å². The maximum absolute atomic E-state index is 13.5. The Bertz CT molecular complexity index is 606. The average Bonchev–Trinajstić information content (AvgIpc) is 2.75. The number of anilines is 1. The molecule has 2 rings (SSSR count). The third-order valence-corrected chi connectivity index (χ3v) is 2.79. The van der Waals surface area contributed by atoms with Crippen LogP contribution in [-0.4, -0.2) is 11.1 Å². The molecule has 1 aromatic carbocycles. The molecular weight excluding hydrogens is 249 g/mol. The molecule has 4 nitrogen and oxygen atoms in total. The zero-order valence-electron chi connectivity index (χ0n) is 10.6. The highest BCUT2D eigenvalue weighted by Gasteiger charge is 2.18. The number of furan rings is 1. The van der Waals surface area contributed by atoms with Gasteiger partial charge in [-0.2, -0.15) is 0 Å². The number of hydrogen-bond donors (Lipinski definition) is 2. The van der Waals surface area contributed by atoms with E-state index in [-0.39, 0.29) is 17.3 Å². The van der Waals surface area contributed by atoms with E-state index in [0.717, 1.165) is 11.8 Å².